The van der Waals surface area contributed by atoms with Crippen molar-refractivity contribution in [2.24, 2.45) is 0 Å². The minimum Gasteiger partial charge on any atom is -0.487 e. The molecule has 0 saturated carbocycles. The predicted octanol–water partition coefficient (Wildman–Crippen LogP) is 4.43. The maximum absolute atomic E-state index is 13.2. The van der Waals surface area contributed by atoms with Gasteiger partial charge in [0.25, 0.3) is 5.91 Å². The van der Waals surface area contributed by atoms with Gasteiger partial charge >= 0.3 is 5.69 Å². The number of benzene rings is 3. The normalized spacial score (nSPS) is 10.8. The summed E-state index contributed by atoms with van der Waals surface area (Å²) in [5.41, 5.74) is 2.77. The summed E-state index contributed by atoms with van der Waals surface area (Å²) in [7, 11) is 0. The van der Waals surface area contributed by atoms with Gasteiger partial charge in [-0.3, -0.25) is 14.9 Å². The van der Waals surface area contributed by atoms with Crippen LogP contribution in [-0.2, 0) is 0 Å². The van der Waals surface area contributed by atoms with E-state index in [0.717, 1.165) is 5.56 Å². The van der Waals surface area contributed by atoms with Crippen LogP contribution in [0.2, 0.25) is 0 Å². The predicted molar refractivity (Wildman–Crippen MR) is 116 cm³/mol. The zero-order valence-electron chi connectivity index (χ0n) is 17.2. The van der Waals surface area contributed by atoms with Crippen LogP contribution in [0, 0.1) is 22.9 Å². The lowest BCUT2D eigenvalue weighted by Crippen LogP contribution is -2.13. The van der Waals surface area contributed by atoms with E-state index in [4.69, 9.17) is 4.74 Å². The summed E-state index contributed by atoms with van der Waals surface area (Å²) in [6, 6.07) is 13.2. The van der Waals surface area contributed by atoms with Crippen LogP contribution in [0.5, 0.6) is 5.75 Å². The Morgan fingerprint density at radius 1 is 1.12 bits per heavy atom. The van der Waals surface area contributed by atoms with Gasteiger partial charge in [0.1, 0.15) is 16.9 Å². The molecule has 0 fully saturated rings. The highest BCUT2D eigenvalue weighted by molar-refractivity contribution is 6.06. The molecule has 0 aliphatic carbocycles. The number of rotatable bonds is 6. The van der Waals surface area contributed by atoms with E-state index in [1.807, 2.05) is 0 Å². The molecule has 4 rings (SSSR count). The van der Waals surface area contributed by atoms with Gasteiger partial charge in [-0.15, -0.1) is 10.2 Å². The maximum Gasteiger partial charge on any atom is 0.311 e. The van der Waals surface area contributed by atoms with Crippen LogP contribution in [0.3, 0.4) is 0 Å². The fraction of sp³-hybridized carbons (Fsp3) is 0.136. The minimum absolute atomic E-state index is 0.101. The van der Waals surface area contributed by atoms with E-state index in [1.165, 1.54) is 35.1 Å². The summed E-state index contributed by atoms with van der Waals surface area (Å²) < 4.78 is 18.4. The second-order valence-corrected chi connectivity index (χ2v) is 6.95. The van der Waals surface area contributed by atoms with E-state index in [2.05, 4.69) is 15.5 Å². The highest BCUT2D eigenvalue weighted by Gasteiger charge is 2.19. The number of fused-ring (bicyclic) bond motifs is 1. The van der Waals surface area contributed by atoms with Crippen LogP contribution in [0.15, 0.2) is 54.6 Å². The number of halogens is 1. The number of carbonyl (C=O) groups excluding carboxylic acids is 1. The van der Waals surface area contributed by atoms with Crippen molar-refractivity contribution >= 4 is 28.3 Å². The van der Waals surface area contributed by atoms with Crippen molar-refractivity contribution in [1.29, 1.82) is 0 Å². The number of hydrogen-bond donors (Lipinski definition) is 1. The third-order valence-corrected chi connectivity index (χ3v) is 4.75. The molecule has 0 aliphatic rings. The lowest BCUT2D eigenvalue weighted by molar-refractivity contribution is -0.385. The molecule has 0 bridgehead atoms. The van der Waals surface area contributed by atoms with Gasteiger partial charge in [-0.05, 0) is 67.9 Å². The van der Waals surface area contributed by atoms with E-state index in [0.29, 0.717) is 22.4 Å². The molecule has 0 aliphatic heterocycles. The van der Waals surface area contributed by atoms with Gasteiger partial charge < -0.3 is 10.1 Å². The molecule has 1 aromatic heterocycles. The van der Waals surface area contributed by atoms with Crippen LogP contribution >= 0.6 is 0 Å². The van der Waals surface area contributed by atoms with Gasteiger partial charge in [0.2, 0.25) is 0 Å². The average Bonchev–Trinajstić information content (AvgIpc) is 3.17. The fourth-order valence-electron chi connectivity index (χ4n) is 3.17. The molecule has 0 unspecified atom stereocenters. The summed E-state index contributed by atoms with van der Waals surface area (Å²) in [5.74, 6) is -0.769. The van der Waals surface area contributed by atoms with Gasteiger partial charge in [-0.1, -0.05) is 0 Å². The topological polar surface area (TPSA) is 112 Å². The average molecular weight is 435 g/mol. The van der Waals surface area contributed by atoms with E-state index in [-0.39, 0.29) is 29.4 Å². The van der Waals surface area contributed by atoms with Gasteiger partial charge in [0, 0.05) is 17.3 Å². The van der Waals surface area contributed by atoms with Gasteiger partial charge in [-0.2, -0.15) is 4.80 Å². The van der Waals surface area contributed by atoms with Crippen LogP contribution in [0.25, 0.3) is 16.7 Å². The Labute approximate surface area is 181 Å². The Kier molecular flexibility index (Phi) is 5.50. The molecule has 0 spiro atoms. The van der Waals surface area contributed by atoms with Crippen molar-refractivity contribution in [2.75, 3.05) is 11.9 Å². The number of aromatic nitrogens is 3. The highest BCUT2D eigenvalue weighted by Crippen LogP contribution is 2.29. The number of ether oxygens (including phenoxy) is 1. The van der Waals surface area contributed by atoms with Crippen LogP contribution in [0.4, 0.5) is 15.8 Å². The fourth-order valence-corrected chi connectivity index (χ4v) is 3.17. The molecule has 0 atom stereocenters. The second kappa shape index (κ2) is 8.42. The number of nitro groups is 1. The van der Waals surface area contributed by atoms with Crippen molar-refractivity contribution in [2.45, 2.75) is 13.8 Å². The number of nitrogens with zero attached hydrogens (tertiary/aromatic N) is 4. The van der Waals surface area contributed by atoms with Crippen molar-refractivity contribution < 1.29 is 18.8 Å². The first-order valence-corrected chi connectivity index (χ1v) is 9.72. The molecule has 3 aromatic carbocycles. The number of carbonyl (C=O) groups is 1. The van der Waals surface area contributed by atoms with Gasteiger partial charge in [0.15, 0.2) is 5.75 Å². The molecule has 162 valence electrons. The monoisotopic (exact) mass is 435 g/mol. The lowest BCUT2D eigenvalue weighted by Gasteiger charge is -2.09. The van der Waals surface area contributed by atoms with Crippen LogP contribution < -0.4 is 10.1 Å². The molecule has 0 saturated heterocycles. The number of amides is 1. The van der Waals surface area contributed by atoms with Crippen molar-refractivity contribution in [3.05, 3.63) is 81.7 Å². The molecule has 1 heterocycles. The Morgan fingerprint density at radius 3 is 2.47 bits per heavy atom. The maximum atomic E-state index is 13.2. The molecule has 32 heavy (non-hydrogen) atoms. The van der Waals surface area contributed by atoms with Crippen LogP contribution in [-0.4, -0.2) is 32.4 Å². The largest absolute Gasteiger partial charge is 0.487 e. The smallest absolute Gasteiger partial charge is 0.311 e. The van der Waals surface area contributed by atoms with Crippen molar-refractivity contribution in [3.8, 4) is 11.4 Å². The van der Waals surface area contributed by atoms with Crippen molar-refractivity contribution in [3.63, 3.8) is 0 Å². The zero-order chi connectivity index (χ0) is 22.8. The second-order valence-electron chi connectivity index (χ2n) is 6.95. The van der Waals surface area contributed by atoms with Crippen molar-refractivity contribution in [1.82, 2.24) is 15.0 Å². The number of anilines is 1. The summed E-state index contributed by atoms with van der Waals surface area (Å²) >= 11 is 0. The third kappa shape index (κ3) is 4.10. The highest BCUT2D eigenvalue weighted by atomic mass is 19.1. The SMILES string of the molecule is CCOc1ccc(C(=O)Nc2cc3nn(-c4ccc(F)cc4)nc3cc2C)cc1[N+](=O)[O-]. The van der Waals surface area contributed by atoms with Gasteiger partial charge in [-0.25, -0.2) is 4.39 Å². The molecule has 1 amide bonds. The Balaban J connectivity index is 1.63. The van der Waals surface area contributed by atoms with E-state index in [1.54, 1.807) is 38.1 Å². The molecule has 0 radical (unpaired) electrons. The molecular weight excluding hydrogens is 417 g/mol. The zero-order valence-corrected chi connectivity index (χ0v) is 17.2. The summed E-state index contributed by atoms with van der Waals surface area (Å²) in [5, 5.41) is 22.9. The van der Waals surface area contributed by atoms with E-state index < -0.39 is 10.8 Å². The first kappa shape index (κ1) is 20.9. The summed E-state index contributed by atoms with van der Waals surface area (Å²) in [6.45, 7) is 3.78. The minimum atomic E-state index is -0.590. The number of nitrogens with one attached hydrogen (secondary N) is 1. The van der Waals surface area contributed by atoms with E-state index >= 15 is 0 Å². The molecule has 9 nitrogen and oxygen atoms in total. The molecule has 4 aromatic rings. The Hall–Kier alpha value is -4.34. The first-order chi connectivity index (χ1) is 15.4. The number of aryl methyl sites for hydroxylation is 1. The quantitative estimate of drug-likeness (QED) is 0.354. The Morgan fingerprint density at radius 2 is 1.81 bits per heavy atom. The lowest BCUT2D eigenvalue weighted by atomic mass is 10.1. The molecular formula is C22H18FN5O4. The third-order valence-electron chi connectivity index (χ3n) is 4.75. The molecule has 1 N–H and O–H groups in total. The summed E-state index contributed by atoms with van der Waals surface area (Å²) in [6.07, 6.45) is 0. The molecule has 10 heteroatoms. The Bertz CT molecular complexity index is 1330. The standard InChI is InChI=1S/C22H18FN5O4/c1-3-32-21-9-4-14(11-20(21)28(30)31)22(29)24-17-12-19-18(10-13(17)2)25-27(26-19)16-7-5-15(23)6-8-16/h4-12H,3H2,1-2H3,(H,24,29). The first-order valence-electron chi connectivity index (χ1n) is 9.72. The van der Waals surface area contributed by atoms with E-state index in [9.17, 15) is 19.3 Å². The summed E-state index contributed by atoms with van der Waals surface area (Å²) in [4.78, 5) is 24.9. The van der Waals surface area contributed by atoms with Gasteiger partial charge in [0.05, 0.1) is 17.2 Å². The number of hydrogen-bond acceptors (Lipinski definition) is 6. The van der Waals surface area contributed by atoms with Crippen LogP contribution in [0.1, 0.15) is 22.8 Å². The number of nitro benzene ring substituents is 1.